The van der Waals surface area contributed by atoms with Gasteiger partial charge in [-0.25, -0.2) is 15.0 Å². The number of ether oxygens (including phenoxy) is 1. The van der Waals surface area contributed by atoms with Crippen molar-refractivity contribution in [2.24, 2.45) is 0 Å². The molecule has 0 fully saturated rings. The molecule has 7 aromatic rings. The van der Waals surface area contributed by atoms with Crippen molar-refractivity contribution in [1.29, 1.82) is 5.26 Å². The molecule has 1 aromatic heterocycles. The zero-order valence-corrected chi connectivity index (χ0v) is 27.5. The number of hydrogen-bond acceptors (Lipinski definition) is 5. The molecule has 5 nitrogen and oxygen atoms in total. The van der Waals surface area contributed by atoms with Crippen LogP contribution < -0.4 is 4.74 Å². The van der Waals surface area contributed by atoms with Gasteiger partial charge in [0, 0.05) is 28.2 Å². The van der Waals surface area contributed by atoms with Gasteiger partial charge < -0.3 is 4.74 Å². The molecule has 51 heavy (non-hydrogen) atoms. The van der Waals surface area contributed by atoms with Crippen LogP contribution in [0.4, 0.5) is 0 Å². The fourth-order valence-electron chi connectivity index (χ4n) is 7.07. The normalized spacial score (nSPS) is 15.6. The van der Waals surface area contributed by atoms with Crippen molar-refractivity contribution in [3.05, 3.63) is 192 Å². The van der Waals surface area contributed by atoms with Gasteiger partial charge in [-0.15, -0.1) is 0 Å². The molecule has 240 valence electrons. The van der Waals surface area contributed by atoms with Gasteiger partial charge in [-0.1, -0.05) is 127 Å². The Kier molecular flexibility index (Phi) is 7.60. The summed E-state index contributed by atoms with van der Waals surface area (Å²) in [5.41, 5.74) is 10.1. The highest BCUT2D eigenvalue weighted by atomic mass is 16.5. The Morgan fingerprint density at radius 1 is 0.510 bits per heavy atom. The summed E-state index contributed by atoms with van der Waals surface area (Å²) in [6.07, 6.45) is 6.45. The first kappa shape index (κ1) is 30.2. The van der Waals surface area contributed by atoms with Crippen LogP contribution in [0.25, 0.3) is 56.4 Å². The summed E-state index contributed by atoms with van der Waals surface area (Å²) in [4.78, 5) is 14.8. The summed E-state index contributed by atoms with van der Waals surface area (Å²) < 4.78 is 6.47. The van der Waals surface area contributed by atoms with Gasteiger partial charge in [-0.3, -0.25) is 0 Å². The lowest BCUT2D eigenvalue weighted by atomic mass is 9.78. The standard InChI is InChI=1S/C46H30N4O/c47-29-30-11-7-20-37(25-30)45-48-44(32-14-5-2-6-15-32)49-46(50-45)38-23-24-41-40(28-38)43-39(21-10-22-42(43)51-41)36-19-9-18-35(27-36)34-17-8-16-33(26-34)31-12-3-1-4-13-31/h1-28,39,43H. The number of nitriles is 1. The summed E-state index contributed by atoms with van der Waals surface area (Å²) >= 11 is 0. The third-order valence-corrected chi connectivity index (χ3v) is 9.57. The van der Waals surface area contributed by atoms with E-state index in [9.17, 15) is 5.26 Å². The lowest BCUT2D eigenvalue weighted by molar-refractivity contribution is 0.416. The highest BCUT2D eigenvalue weighted by molar-refractivity contribution is 5.74. The molecule has 0 saturated carbocycles. The van der Waals surface area contributed by atoms with Crippen molar-refractivity contribution in [3.63, 3.8) is 0 Å². The Morgan fingerprint density at radius 3 is 1.84 bits per heavy atom. The molecule has 9 rings (SSSR count). The van der Waals surface area contributed by atoms with Crippen LogP contribution in [0.2, 0.25) is 0 Å². The predicted molar refractivity (Wildman–Crippen MR) is 201 cm³/mol. The van der Waals surface area contributed by atoms with Gasteiger partial charge in [0.05, 0.1) is 17.6 Å². The second-order valence-electron chi connectivity index (χ2n) is 12.7. The van der Waals surface area contributed by atoms with E-state index in [1.807, 2.05) is 66.7 Å². The summed E-state index contributed by atoms with van der Waals surface area (Å²) in [5, 5.41) is 9.56. The summed E-state index contributed by atoms with van der Waals surface area (Å²) in [7, 11) is 0. The topological polar surface area (TPSA) is 71.7 Å². The maximum absolute atomic E-state index is 9.56. The number of allylic oxidation sites excluding steroid dienone is 4. The van der Waals surface area contributed by atoms with E-state index in [0.29, 0.717) is 23.0 Å². The van der Waals surface area contributed by atoms with Gasteiger partial charge in [0.2, 0.25) is 0 Å². The lowest BCUT2D eigenvalue weighted by Crippen LogP contribution is -2.12. The molecule has 0 N–H and O–H groups in total. The van der Waals surface area contributed by atoms with Crippen molar-refractivity contribution >= 4 is 0 Å². The summed E-state index contributed by atoms with van der Waals surface area (Å²) in [5.74, 6) is 3.49. The van der Waals surface area contributed by atoms with Crippen LogP contribution in [-0.2, 0) is 0 Å². The van der Waals surface area contributed by atoms with Gasteiger partial charge in [0.15, 0.2) is 17.5 Å². The largest absolute Gasteiger partial charge is 0.461 e. The van der Waals surface area contributed by atoms with E-state index in [1.54, 1.807) is 6.07 Å². The Hall–Kier alpha value is -6.90. The van der Waals surface area contributed by atoms with E-state index in [4.69, 9.17) is 19.7 Å². The molecule has 0 saturated heterocycles. The average molecular weight is 655 g/mol. The molecular weight excluding hydrogens is 625 g/mol. The van der Waals surface area contributed by atoms with Gasteiger partial charge in [-0.05, 0) is 70.3 Å². The van der Waals surface area contributed by atoms with Crippen LogP contribution in [0.1, 0.15) is 28.5 Å². The Bertz CT molecular complexity index is 2530. The van der Waals surface area contributed by atoms with Crippen molar-refractivity contribution in [3.8, 4) is 68.2 Å². The molecule has 0 radical (unpaired) electrons. The third kappa shape index (κ3) is 5.79. The molecule has 2 aliphatic rings. The fraction of sp³-hybridized carbons (Fsp3) is 0.0435. The molecule has 5 heteroatoms. The number of rotatable bonds is 6. The molecule has 6 aromatic carbocycles. The molecule has 1 aliphatic heterocycles. The van der Waals surface area contributed by atoms with Gasteiger partial charge in [-0.2, -0.15) is 5.26 Å². The first-order valence-electron chi connectivity index (χ1n) is 17.0. The van der Waals surface area contributed by atoms with E-state index >= 15 is 0 Å². The van der Waals surface area contributed by atoms with E-state index in [2.05, 4.69) is 103 Å². The van der Waals surface area contributed by atoms with Crippen LogP contribution in [0, 0.1) is 11.3 Å². The maximum atomic E-state index is 9.56. The van der Waals surface area contributed by atoms with Crippen LogP contribution in [0.15, 0.2) is 176 Å². The maximum Gasteiger partial charge on any atom is 0.164 e. The van der Waals surface area contributed by atoms with E-state index < -0.39 is 0 Å². The van der Waals surface area contributed by atoms with Crippen molar-refractivity contribution in [2.75, 3.05) is 0 Å². The molecule has 2 heterocycles. The van der Waals surface area contributed by atoms with Crippen molar-refractivity contribution in [1.82, 2.24) is 15.0 Å². The minimum atomic E-state index is -0.00179. The number of fused-ring (bicyclic) bond motifs is 3. The molecule has 2 unspecified atom stereocenters. The first-order valence-corrected chi connectivity index (χ1v) is 17.0. The second-order valence-corrected chi connectivity index (χ2v) is 12.7. The van der Waals surface area contributed by atoms with Crippen LogP contribution in [0.3, 0.4) is 0 Å². The fourth-order valence-corrected chi connectivity index (χ4v) is 7.07. The minimum absolute atomic E-state index is 0.00179. The van der Waals surface area contributed by atoms with Crippen molar-refractivity contribution in [2.45, 2.75) is 11.8 Å². The molecule has 0 amide bonds. The average Bonchev–Trinajstić information content (AvgIpc) is 3.60. The highest BCUT2D eigenvalue weighted by Crippen LogP contribution is 2.51. The third-order valence-electron chi connectivity index (χ3n) is 9.57. The number of hydrogen-bond donors (Lipinski definition) is 0. The molecule has 2 atom stereocenters. The predicted octanol–water partition coefficient (Wildman–Crippen LogP) is 10.8. The quantitative estimate of drug-likeness (QED) is 0.178. The highest BCUT2D eigenvalue weighted by Gasteiger charge is 2.37. The van der Waals surface area contributed by atoms with E-state index in [1.165, 1.54) is 27.8 Å². The molecule has 0 bridgehead atoms. The second kappa shape index (κ2) is 12.9. The first-order chi connectivity index (χ1) is 25.2. The van der Waals surface area contributed by atoms with Crippen LogP contribution in [0.5, 0.6) is 5.75 Å². The number of aromatic nitrogens is 3. The van der Waals surface area contributed by atoms with Gasteiger partial charge >= 0.3 is 0 Å². The molecular formula is C46H30N4O. The number of nitrogens with zero attached hydrogens (tertiary/aromatic N) is 4. The zero-order chi connectivity index (χ0) is 34.1. The Morgan fingerprint density at radius 2 is 1.10 bits per heavy atom. The summed E-state index contributed by atoms with van der Waals surface area (Å²) in [6.45, 7) is 0. The lowest BCUT2D eigenvalue weighted by Gasteiger charge is -2.24. The number of benzene rings is 6. The summed E-state index contributed by atoms with van der Waals surface area (Å²) in [6, 6.07) is 53.8. The Labute approximate surface area is 296 Å². The molecule has 0 spiro atoms. The zero-order valence-electron chi connectivity index (χ0n) is 27.5. The minimum Gasteiger partial charge on any atom is -0.461 e. The van der Waals surface area contributed by atoms with Gasteiger partial charge in [0.1, 0.15) is 11.5 Å². The smallest absolute Gasteiger partial charge is 0.164 e. The van der Waals surface area contributed by atoms with Crippen molar-refractivity contribution < 1.29 is 4.74 Å². The van der Waals surface area contributed by atoms with Crippen LogP contribution >= 0.6 is 0 Å². The molecule has 1 aliphatic carbocycles. The van der Waals surface area contributed by atoms with Crippen LogP contribution in [-0.4, -0.2) is 15.0 Å². The monoisotopic (exact) mass is 654 g/mol. The SMILES string of the molecule is N#Cc1cccc(-c2nc(-c3ccccc3)nc(-c3ccc4c(c3)C3C(=CC=CC3c3cccc(-c5cccc(-c6ccccc6)c5)c3)O4)n2)c1. The Balaban J connectivity index is 1.10. The van der Waals surface area contributed by atoms with Gasteiger partial charge in [0.25, 0.3) is 0 Å². The van der Waals surface area contributed by atoms with E-state index in [0.717, 1.165) is 33.8 Å². The van der Waals surface area contributed by atoms with E-state index in [-0.39, 0.29) is 11.8 Å².